The molecule has 18 heavy (non-hydrogen) atoms. The fraction of sp³-hybridized carbons (Fsp3) is 0.438. The number of allylic oxidation sites excluding steroid dienone is 1. The quantitative estimate of drug-likeness (QED) is 0.599. The highest BCUT2D eigenvalue weighted by atomic mass is 16.5. The first-order chi connectivity index (χ1) is 8.45. The Hall–Kier alpha value is -1.57. The SMILES string of the molecule is C=CCc1cc2c(cc1C(C)=O)C(C)(C)CCO2. The third kappa shape index (κ3) is 2.20. The summed E-state index contributed by atoms with van der Waals surface area (Å²) in [6.45, 7) is 10.5. The van der Waals surface area contributed by atoms with Crippen LogP contribution in [0.25, 0.3) is 0 Å². The number of ketones is 1. The van der Waals surface area contributed by atoms with E-state index < -0.39 is 0 Å². The average Bonchev–Trinajstić information content (AvgIpc) is 2.28. The molecule has 0 unspecified atom stereocenters. The lowest BCUT2D eigenvalue weighted by molar-refractivity contribution is 0.101. The highest BCUT2D eigenvalue weighted by Gasteiger charge is 2.30. The molecular weight excluding hydrogens is 224 g/mol. The maximum absolute atomic E-state index is 11.8. The van der Waals surface area contributed by atoms with Gasteiger partial charge in [0.1, 0.15) is 5.75 Å². The van der Waals surface area contributed by atoms with Crippen molar-refractivity contribution >= 4 is 5.78 Å². The monoisotopic (exact) mass is 244 g/mol. The summed E-state index contributed by atoms with van der Waals surface area (Å²) in [6, 6.07) is 4.02. The average molecular weight is 244 g/mol. The first-order valence-corrected chi connectivity index (χ1v) is 6.38. The molecule has 0 spiro atoms. The lowest BCUT2D eigenvalue weighted by Gasteiger charge is -2.33. The van der Waals surface area contributed by atoms with E-state index >= 15 is 0 Å². The molecule has 0 N–H and O–H groups in total. The Morgan fingerprint density at radius 1 is 1.50 bits per heavy atom. The number of hydrogen-bond acceptors (Lipinski definition) is 2. The Balaban J connectivity index is 2.60. The smallest absolute Gasteiger partial charge is 0.160 e. The molecule has 0 saturated carbocycles. The molecule has 0 atom stereocenters. The maximum Gasteiger partial charge on any atom is 0.160 e. The van der Waals surface area contributed by atoms with Crippen LogP contribution in [0.2, 0.25) is 0 Å². The topological polar surface area (TPSA) is 26.3 Å². The molecule has 1 heterocycles. The number of benzene rings is 1. The van der Waals surface area contributed by atoms with Crippen LogP contribution in [0.3, 0.4) is 0 Å². The standard InChI is InChI=1S/C16H20O2/c1-5-6-12-9-15-14(10-13(12)11(2)17)16(3,4)7-8-18-15/h5,9-10H,1,6-8H2,2-4H3. The molecule has 96 valence electrons. The lowest BCUT2D eigenvalue weighted by atomic mass is 9.78. The number of carbonyl (C=O) groups excluding carboxylic acids is 1. The Labute approximate surface area is 109 Å². The molecule has 2 rings (SSSR count). The van der Waals surface area contributed by atoms with Gasteiger partial charge in [0.15, 0.2) is 5.78 Å². The third-order valence-electron chi connectivity index (χ3n) is 3.66. The van der Waals surface area contributed by atoms with E-state index in [-0.39, 0.29) is 11.2 Å². The van der Waals surface area contributed by atoms with Crippen LogP contribution in [0.15, 0.2) is 24.8 Å². The molecule has 0 radical (unpaired) electrons. The lowest BCUT2D eigenvalue weighted by Crippen LogP contribution is -2.27. The Morgan fingerprint density at radius 2 is 2.22 bits per heavy atom. The Bertz CT molecular complexity index is 498. The van der Waals surface area contributed by atoms with Crippen LogP contribution < -0.4 is 4.74 Å². The molecule has 2 nitrogen and oxygen atoms in total. The van der Waals surface area contributed by atoms with Gasteiger partial charge in [-0.2, -0.15) is 0 Å². The van der Waals surface area contributed by atoms with Crippen molar-refractivity contribution in [2.45, 2.75) is 39.0 Å². The van der Waals surface area contributed by atoms with Gasteiger partial charge < -0.3 is 4.74 Å². The second-order valence-electron chi connectivity index (χ2n) is 5.54. The molecule has 0 saturated heterocycles. The summed E-state index contributed by atoms with van der Waals surface area (Å²) in [4.78, 5) is 11.8. The van der Waals surface area contributed by atoms with Crippen LogP contribution in [-0.2, 0) is 11.8 Å². The first-order valence-electron chi connectivity index (χ1n) is 6.38. The van der Waals surface area contributed by atoms with Crippen molar-refractivity contribution in [3.8, 4) is 5.75 Å². The highest BCUT2D eigenvalue weighted by Crippen LogP contribution is 2.40. The molecule has 1 aromatic rings. The van der Waals surface area contributed by atoms with E-state index in [0.717, 1.165) is 35.5 Å². The number of Topliss-reactive ketones (excluding diaryl/α,β-unsaturated/α-hetero) is 1. The van der Waals surface area contributed by atoms with Crippen molar-refractivity contribution in [3.05, 3.63) is 41.5 Å². The van der Waals surface area contributed by atoms with Gasteiger partial charge in [-0.25, -0.2) is 0 Å². The number of carbonyl (C=O) groups is 1. The zero-order valence-electron chi connectivity index (χ0n) is 11.4. The zero-order valence-corrected chi connectivity index (χ0v) is 11.4. The summed E-state index contributed by atoms with van der Waals surface area (Å²) in [6.07, 6.45) is 3.51. The van der Waals surface area contributed by atoms with Gasteiger partial charge in [-0.05, 0) is 42.9 Å². The number of fused-ring (bicyclic) bond motifs is 1. The number of hydrogen-bond donors (Lipinski definition) is 0. The Morgan fingerprint density at radius 3 is 2.83 bits per heavy atom. The minimum absolute atomic E-state index is 0.0739. The summed E-state index contributed by atoms with van der Waals surface area (Å²) in [5.74, 6) is 1.03. The van der Waals surface area contributed by atoms with Crippen molar-refractivity contribution in [2.24, 2.45) is 0 Å². The van der Waals surface area contributed by atoms with Crippen molar-refractivity contribution in [2.75, 3.05) is 6.61 Å². The predicted molar refractivity (Wildman–Crippen MR) is 73.5 cm³/mol. The van der Waals surface area contributed by atoms with Gasteiger partial charge in [0, 0.05) is 11.1 Å². The van der Waals surface area contributed by atoms with E-state index in [2.05, 4.69) is 20.4 Å². The van der Waals surface area contributed by atoms with Crippen molar-refractivity contribution in [1.29, 1.82) is 0 Å². The van der Waals surface area contributed by atoms with E-state index in [0.29, 0.717) is 6.42 Å². The molecule has 0 bridgehead atoms. The fourth-order valence-electron chi connectivity index (χ4n) is 2.47. The van der Waals surface area contributed by atoms with E-state index in [1.807, 2.05) is 18.2 Å². The normalized spacial score (nSPS) is 16.6. The molecule has 1 aliphatic heterocycles. The first kappa shape index (κ1) is 12.9. The maximum atomic E-state index is 11.8. The summed E-state index contributed by atoms with van der Waals surface area (Å²) >= 11 is 0. The van der Waals surface area contributed by atoms with Gasteiger partial charge in [-0.15, -0.1) is 6.58 Å². The summed E-state index contributed by atoms with van der Waals surface area (Å²) in [7, 11) is 0. The van der Waals surface area contributed by atoms with Gasteiger partial charge in [0.2, 0.25) is 0 Å². The van der Waals surface area contributed by atoms with Crippen LogP contribution in [0.1, 0.15) is 48.7 Å². The molecule has 0 aromatic heterocycles. The van der Waals surface area contributed by atoms with E-state index in [1.54, 1.807) is 6.92 Å². The molecule has 0 fully saturated rings. The van der Waals surface area contributed by atoms with E-state index in [4.69, 9.17) is 4.74 Å². The second-order valence-corrected chi connectivity index (χ2v) is 5.54. The molecule has 0 aliphatic carbocycles. The molecule has 2 heteroatoms. The number of rotatable bonds is 3. The predicted octanol–water partition coefficient (Wildman–Crippen LogP) is 3.68. The molecule has 0 amide bonds. The minimum Gasteiger partial charge on any atom is -0.493 e. The van der Waals surface area contributed by atoms with Crippen LogP contribution >= 0.6 is 0 Å². The van der Waals surface area contributed by atoms with Crippen LogP contribution in [-0.4, -0.2) is 12.4 Å². The summed E-state index contributed by atoms with van der Waals surface area (Å²) in [5.41, 5.74) is 3.03. The summed E-state index contributed by atoms with van der Waals surface area (Å²) in [5, 5.41) is 0. The van der Waals surface area contributed by atoms with Gasteiger partial charge in [0.25, 0.3) is 0 Å². The third-order valence-corrected chi connectivity index (χ3v) is 3.66. The van der Waals surface area contributed by atoms with Gasteiger partial charge >= 0.3 is 0 Å². The zero-order chi connectivity index (χ0) is 13.3. The van der Waals surface area contributed by atoms with Crippen molar-refractivity contribution in [3.63, 3.8) is 0 Å². The second kappa shape index (κ2) is 4.60. The van der Waals surface area contributed by atoms with Crippen LogP contribution in [0, 0.1) is 0 Å². The molecule has 1 aliphatic rings. The molecular formula is C16H20O2. The minimum atomic E-state index is 0.0739. The van der Waals surface area contributed by atoms with Crippen LogP contribution in [0.5, 0.6) is 5.75 Å². The van der Waals surface area contributed by atoms with Gasteiger partial charge in [-0.1, -0.05) is 19.9 Å². The van der Waals surface area contributed by atoms with E-state index in [9.17, 15) is 4.79 Å². The Kier molecular flexibility index (Phi) is 3.29. The van der Waals surface area contributed by atoms with E-state index in [1.165, 1.54) is 0 Å². The van der Waals surface area contributed by atoms with Crippen LogP contribution in [0.4, 0.5) is 0 Å². The van der Waals surface area contributed by atoms with Crippen molar-refractivity contribution < 1.29 is 9.53 Å². The number of ether oxygens (including phenoxy) is 1. The largest absolute Gasteiger partial charge is 0.493 e. The summed E-state index contributed by atoms with van der Waals surface area (Å²) < 4.78 is 5.74. The van der Waals surface area contributed by atoms with Gasteiger partial charge in [-0.3, -0.25) is 4.79 Å². The highest BCUT2D eigenvalue weighted by molar-refractivity contribution is 5.96. The van der Waals surface area contributed by atoms with Gasteiger partial charge in [0.05, 0.1) is 6.61 Å². The molecule has 1 aromatic carbocycles. The fourth-order valence-corrected chi connectivity index (χ4v) is 2.47. The van der Waals surface area contributed by atoms with Crippen molar-refractivity contribution in [1.82, 2.24) is 0 Å².